The van der Waals surface area contributed by atoms with Gasteiger partial charge in [-0.25, -0.2) is 0 Å². The summed E-state index contributed by atoms with van der Waals surface area (Å²) in [7, 11) is 0. The molecule has 2 fully saturated rings. The molecular weight excluding hydrogens is 1580 g/mol. The minimum Gasteiger partial charge on any atom is -0.487 e. The fourth-order valence-electron chi connectivity index (χ4n) is 14.0. The van der Waals surface area contributed by atoms with Crippen molar-refractivity contribution in [1.29, 1.82) is 0 Å². The molecular formula is C92H140O30. The van der Waals surface area contributed by atoms with Crippen LogP contribution >= 0.6 is 0 Å². The Kier molecular flexibility index (Phi) is 43.3. The molecule has 0 amide bonds. The van der Waals surface area contributed by atoms with Gasteiger partial charge in [0.25, 0.3) is 0 Å². The molecule has 0 bridgehead atoms. The van der Waals surface area contributed by atoms with E-state index in [0.717, 1.165) is 77.0 Å². The molecule has 10 N–H and O–H groups in total. The van der Waals surface area contributed by atoms with Crippen LogP contribution in [0.4, 0.5) is 0 Å². The number of aliphatic hydroxyl groups is 10. The first kappa shape index (κ1) is 101. The zero-order chi connectivity index (χ0) is 87.7. The first-order chi connectivity index (χ1) is 58.6. The molecule has 122 heavy (non-hydrogen) atoms. The second kappa shape index (κ2) is 52.4. The van der Waals surface area contributed by atoms with Crippen molar-refractivity contribution in [3.63, 3.8) is 0 Å². The lowest BCUT2D eigenvalue weighted by Crippen LogP contribution is -2.56. The van der Waals surface area contributed by atoms with Crippen LogP contribution in [-0.4, -0.2) is 306 Å². The summed E-state index contributed by atoms with van der Waals surface area (Å²) in [6.45, 7) is 21.9. The molecule has 5 aliphatic heterocycles. The Morgan fingerprint density at radius 3 is 0.639 bits per heavy atom. The van der Waals surface area contributed by atoms with Crippen LogP contribution in [0.2, 0.25) is 0 Å². The summed E-state index contributed by atoms with van der Waals surface area (Å²) in [6.07, 6.45) is 4.40. The molecule has 7 aliphatic rings. The van der Waals surface area contributed by atoms with E-state index < -0.39 is 72.2 Å². The Morgan fingerprint density at radius 1 is 0.238 bits per heavy atom. The summed E-state index contributed by atoms with van der Waals surface area (Å²) < 4.78 is 114. The van der Waals surface area contributed by atoms with Gasteiger partial charge < -0.3 is 146 Å². The third kappa shape index (κ3) is 34.6. The van der Waals surface area contributed by atoms with Gasteiger partial charge >= 0.3 is 0 Å². The van der Waals surface area contributed by atoms with Gasteiger partial charge in [-0.2, -0.15) is 0 Å². The molecule has 5 aromatic rings. The highest BCUT2D eigenvalue weighted by atomic mass is 16.6. The molecule has 2 spiro atoms. The van der Waals surface area contributed by atoms with Gasteiger partial charge in [0.2, 0.25) is 0 Å². The van der Waals surface area contributed by atoms with Crippen molar-refractivity contribution in [2.45, 2.75) is 216 Å². The van der Waals surface area contributed by atoms with Crippen molar-refractivity contribution < 1.29 is 146 Å². The summed E-state index contributed by atoms with van der Waals surface area (Å²) >= 11 is 0. The average molecular weight is 1730 g/mol. The van der Waals surface area contributed by atoms with Crippen LogP contribution in [0.15, 0.2) is 121 Å². The number of fused-ring (bicyclic) bond motifs is 6. The molecule has 10 unspecified atom stereocenters. The van der Waals surface area contributed by atoms with E-state index in [1.165, 1.54) is 0 Å². The second-order valence-corrected chi connectivity index (χ2v) is 33.8. The highest BCUT2D eigenvalue weighted by Gasteiger charge is 2.56. The van der Waals surface area contributed by atoms with E-state index in [2.05, 4.69) is 13.8 Å². The molecule has 12 rings (SSSR count). The maximum Gasteiger partial charge on any atom is 0.161 e. The average Bonchev–Trinajstić information content (AvgIpc) is 1.59. The molecule has 2 saturated carbocycles. The van der Waals surface area contributed by atoms with Crippen molar-refractivity contribution in [3.8, 4) is 57.5 Å². The zero-order valence-corrected chi connectivity index (χ0v) is 72.8. The van der Waals surface area contributed by atoms with Crippen molar-refractivity contribution in [3.05, 3.63) is 121 Å². The van der Waals surface area contributed by atoms with Gasteiger partial charge in [0.1, 0.15) is 127 Å². The highest BCUT2D eigenvalue weighted by molar-refractivity contribution is 5.43. The minimum atomic E-state index is -0.776. The van der Waals surface area contributed by atoms with Gasteiger partial charge in [0, 0.05) is 24.0 Å². The Hall–Kier alpha value is -6.70. The van der Waals surface area contributed by atoms with E-state index in [1.54, 1.807) is 60.7 Å². The summed E-state index contributed by atoms with van der Waals surface area (Å²) in [5.41, 5.74) is -2.40. The minimum absolute atomic E-state index is 0.0836. The standard InChI is InChI=1S/C22H32O6.C19H30O6.C18H28O6.C17H26O6.C16H24O6/c23-17-13-25-19-7-1-2-8-20(19)26-14-18(24)16-28-22(11-5-6-12-22)21(27-15-17)9-3-4-10-21;1-3-19(4-2)13-22-9-15(20)11-24-17-7-5-6-8-18(17)25-12-16(21)10-23-14-19;1-17(2)18(3,4)24-12-14(20)10-22-16-8-6-5-7-15(16)21-9-13(19)11-23-17;1-17(2)11-20-7-13(18)9-22-15-5-3-4-6-16(15)23-10-14(19)8-21-12-17;17-13-9-19-7-3-4-8-20-10-14(18)12-22-16-6-2-1-5-15(16)21-11-13/h1-2,7-8,17-18,23-24H,3-6,9-16H2;5-8,15-16,20-21H,3-4,9-14H2,1-2H3;5-8,13-14,19-20H,9-12H2,1-4H3;3-6,13-14,18-19H,7-12H2,1-2H3;1-2,5-6,13-14,17-18H,3-4,7-12H2. The normalized spacial score (nSPS) is 27.4. The van der Waals surface area contributed by atoms with E-state index in [4.69, 9.17) is 94.7 Å². The first-order valence-electron chi connectivity index (χ1n) is 43.2. The van der Waals surface area contributed by atoms with Crippen LogP contribution in [0.25, 0.3) is 0 Å². The van der Waals surface area contributed by atoms with Gasteiger partial charge in [0.05, 0.1) is 115 Å². The Bertz CT molecular complexity index is 3420. The van der Waals surface area contributed by atoms with Crippen LogP contribution in [0.3, 0.4) is 0 Å². The van der Waals surface area contributed by atoms with Gasteiger partial charge in [-0.05, 0) is 140 Å². The Labute approximate surface area is 719 Å². The number of hydrogen-bond acceptors (Lipinski definition) is 30. The topological polar surface area (TPSA) is 387 Å². The number of hydrogen-bond donors (Lipinski definition) is 10. The van der Waals surface area contributed by atoms with Gasteiger partial charge in [-0.1, -0.05) is 114 Å². The smallest absolute Gasteiger partial charge is 0.161 e. The summed E-state index contributed by atoms with van der Waals surface area (Å²) in [4.78, 5) is 0. The molecule has 5 aromatic carbocycles. The fourth-order valence-corrected chi connectivity index (χ4v) is 14.0. The Morgan fingerprint density at radius 2 is 0.426 bits per heavy atom. The van der Waals surface area contributed by atoms with E-state index in [9.17, 15) is 51.1 Å². The molecule has 688 valence electrons. The third-order valence-corrected chi connectivity index (χ3v) is 22.0. The molecule has 30 heteroatoms. The molecule has 0 saturated heterocycles. The van der Waals surface area contributed by atoms with Crippen molar-refractivity contribution >= 4 is 0 Å². The predicted octanol–water partition coefficient (Wildman–Crippen LogP) is 8.86. The summed E-state index contributed by atoms with van der Waals surface area (Å²) in [5, 5.41) is 101. The van der Waals surface area contributed by atoms with E-state index in [-0.39, 0.29) is 154 Å². The SMILES string of the molecule is CC1(C)COCC(O)COc2ccccc2OCC(O)COC1.CC1(C)OCC(O)COc2ccccc2OCC(O)COC1(C)C.CCC1(CC)COCC(O)COc2ccccc2OCC(O)COC1.OC1COCCCCOCC(O)COc2ccccc2OC1.OC1COc2ccccc2OCC(O)COC2(CCCC2)C2(CCCC2)OC1. The lowest BCUT2D eigenvalue weighted by molar-refractivity contribution is -0.222. The quantitative estimate of drug-likeness (QED) is 0.0788. The van der Waals surface area contributed by atoms with Crippen molar-refractivity contribution in [1.82, 2.24) is 0 Å². The molecule has 0 radical (unpaired) electrons. The second-order valence-electron chi connectivity index (χ2n) is 33.8. The van der Waals surface area contributed by atoms with Crippen LogP contribution in [0, 0.1) is 10.8 Å². The fraction of sp³-hybridized carbons (Fsp3) is 0.674. The molecule has 2 aliphatic carbocycles. The third-order valence-electron chi connectivity index (χ3n) is 22.0. The maximum absolute atomic E-state index is 10.5. The lowest BCUT2D eigenvalue weighted by Gasteiger charge is -2.47. The van der Waals surface area contributed by atoms with Crippen LogP contribution in [0.1, 0.15) is 132 Å². The van der Waals surface area contributed by atoms with Crippen molar-refractivity contribution in [2.24, 2.45) is 10.8 Å². The summed E-state index contributed by atoms with van der Waals surface area (Å²) in [6, 6.07) is 36.0. The monoisotopic (exact) mass is 1720 g/mol. The molecule has 5 heterocycles. The predicted molar refractivity (Wildman–Crippen MR) is 453 cm³/mol. The van der Waals surface area contributed by atoms with Gasteiger partial charge in [0.15, 0.2) is 57.5 Å². The number of benzene rings is 5. The lowest BCUT2D eigenvalue weighted by atomic mass is 9.79. The van der Waals surface area contributed by atoms with E-state index in [0.29, 0.717) is 97.1 Å². The van der Waals surface area contributed by atoms with Crippen LogP contribution in [-0.2, 0) is 47.4 Å². The maximum atomic E-state index is 10.5. The molecule has 30 nitrogen and oxygen atoms in total. The van der Waals surface area contributed by atoms with Crippen LogP contribution < -0.4 is 47.4 Å². The first-order valence-corrected chi connectivity index (χ1v) is 43.2. The van der Waals surface area contributed by atoms with Crippen molar-refractivity contribution in [2.75, 3.05) is 172 Å². The Balaban J connectivity index is 0.000000190. The zero-order valence-electron chi connectivity index (χ0n) is 72.8. The largest absolute Gasteiger partial charge is 0.487 e. The number of aliphatic hydroxyl groups excluding tert-OH is 10. The summed E-state index contributed by atoms with van der Waals surface area (Å²) in [5.74, 6) is 5.29. The molecule has 0 aromatic heterocycles. The molecule has 10 atom stereocenters. The van der Waals surface area contributed by atoms with E-state index >= 15 is 0 Å². The van der Waals surface area contributed by atoms with Gasteiger partial charge in [-0.15, -0.1) is 0 Å². The number of para-hydroxylation sites is 10. The number of ether oxygens (including phenoxy) is 20. The van der Waals surface area contributed by atoms with Gasteiger partial charge in [-0.3, -0.25) is 0 Å². The van der Waals surface area contributed by atoms with E-state index in [1.807, 2.05) is 102 Å². The number of rotatable bonds is 2. The van der Waals surface area contributed by atoms with Crippen LogP contribution in [0.5, 0.6) is 57.5 Å². The highest BCUT2D eigenvalue weighted by Crippen LogP contribution is 2.52.